The molecule has 2 atom stereocenters. The fraction of sp³-hybridized carbons (Fsp3) is 0.667. The third-order valence-corrected chi connectivity index (χ3v) is 4.21. The van der Waals surface area contributed by atoms with Gasteiger partial charge in [0.15, 0.2) is 0 Å². The number of rotatable bonds is 3. The van der Waals surface area contributed by atoms with Crippen molar-refractivity contribution in [3.8, 4) is 0 Å². The highest BCUT2D eigenvalue weighted by atomic mass is 16.3. The van der Waals surface area contributed by atoms with Gasteiger partial charge in [0.2, 0.25) is 0 Å². The summed E-state index contributed by atoms with van der Waals surface area (Å²) in [5.41, 5.74) is 0.142. The molecule has 0 aliphatic carbocycles. The number of likely N-dealkylation sites (tertiary alicyclic amines) is 1. The molecule has 2 heterocycles. The molecule has 1 aliphatic rings. The van der Waals surface area contributed by atoms with Crippen LogP contribution in [0.4, 0.5) is 0 Å². The summed E-state index contributed by atoms with van der Waals surface area (Å²) in [6.45, 7) is 8.04. The zero-order valence-electron chi connectivity index (χ0n) is 13.0. The van der Waals surface area contributed by atoms with Crippen LogP contribution in [0.3, 0.4) is 0 Å². The number of aromatic amines is 1. The number of hydrogen-bond acceptors (Lipinski definition) is 4. The summed E-state index contributed by atoms with van der Waals surface area (Å²) >= 11 is 0. The van der Waals surface area contributed by atoms with Gasteiger partial charge in [-0.3, -0.25) is 9.59 Å². The number of carbonyl (C=O) groups is 1. The Hall–Kier alpha value is -1.69. The monoisotopic (exact) mass is 293 g/mol. The molecule has 1 saturated heterocycles. The van der Waals surface area contributed by atoms with Gasteiger partial charge in [-0.05, 0) is 19.3 Å². The van der Waals surface area contributed by atoms with Crippen LogP contribution in [0.5, 0.6) is 0 Å². The second-order valence-corrected chi connectivity index (χ2v) is 6.08. The molecule has 6 nitrogen and oxygen atoms in total. The number of amides is 1. The highest BCUT2D eigenvalue weighted by Gasteiger charge is 2.36. The van der Waals surface area contributed by atoms with E-state index in [4.69, 9.17) is 0 Å². The molecule has 2 N–H and O–H groups in total. The van der Waals surface area contributed by atoms with Crippen LogP contribution in [0, 0.1) is 12.8 Å². The second-order valence-electron chi connectivity index (χ2n) is 6.08. The summed E-state index contributed by atoms with van der Waals surface area (Å²) in [6, 6.07) is -0.221. The van der Waals surface area contributed by atoms with Gasteiger partial charge in [0.05, 0.1) is 18.3 Å². The van der Waals surface area contributed by atoms with E-state index in [0.717, 1.165) is 6.42 Å². The van der Waals surface area contributed by atoms with E-state index < -0.39 is 5.56 Å². The topological polar surface area (TPSA) is 86.3 Å². The van der Waals surface area contributed by atoms with Gasteiger partial charge < -0.3 is 15.0 Å². The number of nitrogens with one attached hydrogen (secondary N) is 1. The molecular formula is C15H23N3O3. The molecule has 0 spiro atoms. The van der Waals surface area contributed by atoms with E-state index in [2.05, 4.69) is 9.97 Å². The van der Waals surface area contributed by atoms with Gasteiger partial charge in [-0.2, -0.15) is 0 Å². The second kappa shape index (κ2) is 5.97. The predicted molar refractivity (Wildman–Crippen MR) is 79.4 cm³/mol. The van der Waals surface area contributed by atoms with Gasteiger partial charge in [-0.25, -0.2) is 4.98 Å². The van der Waals surface area contributed by atoms with Crippen molar-refractivity contribution in [2.75, 3.05) is 13.2 Å². The summed E-state index contributed by atoms with van der Waals surface area (Å²) in [7, 11) is 0. The highest BCUT2D eigenvalue weighted by molar-refractivity contribution is 5.95. The van der Waals surface area contributed by atoms with Crippen molar-refractivity contribution in [2.24, 2.45) is 5.92 Å². The largest absolute Gasteiger partial charge is 0.394 e. The minimum atomic E-state index is -0.396. The van der Waals surface area contributed by atoms with Crippen molar-refractivity contribution in [2.45, 2.75) is 46.1 Å². The Morgan fingerprint density at radius 2 is 2.19 bits per heavy atom. The number of carbonyl (C=O) groups excluding carboxylic acids is 1. The smallest absolute Gasteiger partial charge is 0.264 e. The van der Waals surface area contributed by atoms with Crippen molar-refractivity contribution in [3.05, 3.63) is 27.4 Å². The van der Waals surface area contributed by atoms with Crippen LogP contribution in [-0.2, 0) is 0 Å². The molecule has 1 aliphatic heterocycles. The molecule has 0 saturated carbocycles. The normalized spacial score (nSPS) is 22.1. The van der Waals surface area contributed by atoms with Crippen LogP contribution < -0.4 is 5.56 Å². The maximum Gasteiger partial charge on any atom is 0.264 e. The Labute approximate surface area is 124 Å². The maximum absolute atomic E-state index is 12.6. The standard InChI is InChI=1S/C15H23N3O3/c1-8(2)13-16-10(4)12(14(20)17-13)15(21)18-6-5-9(3)11(18)7-19/h8-9,11,19H,5-7H2,1-4H3,(H,16,17,20). The summed E-state index contributed by atoms with van der Waals surface area (Å²) in [5.74, 6) is 0.585. The molecular weight excluding hydrogens is 270 g/mol. The number of H-pyrrole nitrogens is 1. The molecule has 21 heavy (non-hydrogen) atoms. The van der Waals surface area contributed by atoms with Gasteiger partial charge in [0.25, 0.3) is 11.5 Å². The van der Waals surface area contributed by atoms with E-state index in [9.17, 15) is 14.7 Å². The third kappa shape index (κ3) is 2.85. The Morgan fingerprint density at radius 3 is 2.71 bits per heavy atom. The molecule has 1 fully saturated rings. The molecule has 2 rings (SSSR count). The van der Waals surface area contributed by atoms with Crippen molar-refractivity contribution < 1.29 is 9.90 Å². The summed E-state index contributed by atoms with van der Waals surface area (Å²) in [4.78, 5) is 33.5. The number of aromatic nitrogens is 2. The molecule has 1 aromatic rings. The average Bonchev–Trinajstić information content (AvgIpc) is 2.78. The van der Waals surface area contributed by atoms with Crippen molar-refractivity contribution >= 4 is 5.91 Å². The lowest BCUT2D eigenvalue weighted by Crippen LogP contribution is -2.42. The lowest BCUT2D eigenvalue weighted by atomic mass is 10.0. The van der Waals surface area contributed by atoms with E-state index in [1.54, 1.807) is 11.8 Å². The minimum absolute atomic E-state index is 0.0820. The van der Waals surface area contributed by atoms with E-state index in [1.165, 1.54) is 0 Å². The summed E-state index contributed by atoms with van der Waals surface area (Å²) in [6.07, 6.45) is 0.839. The van der Waals surface area contributed by atoms with Crippen molar-refractivity contribution in [3.63, 3.8) is 0 Å². The SMILES string of the molecule is Cc1nc(C(C)C)[nH]c(=O)c1C(=O)N1CCC(C)C1CO. The van der Waals surface area contributed by atoms with Crippen LogP contribution in [0.1, 0.15) is 55.0 Å². The van der Waals surface area contributed by atoms with Gasteiger partial charge in [-0.1, -0.05) is 20.8 Å². The van der Waals surface area contributed by atoms with Crippen molar-refractivity contribution in [1.82, 2.24) is 14.9 Å². The van der Waals surface area contributed by atoms with Crippen LogP contribution in [-0.4, -0.2) is 45.1 Å². The number of nitrogens with zero attached hydrogens (tertiary/aromatic N) is 2. The maximum atomic E-state index is 12.6. The van der Waals surface area contributed by atoms with E-state index in [-0.39, 0.29) is 36.0 Å². The fourth-order valence-corrected chi connectivity index (χ4v) is 2.82. The summed E-state index contributed by atoms with van der Waals surface area (Å²) < 4.78 is 0. The first-order valence-electron chi connectivity index (χ1n) is 7.39. The third-order valence-electron chi connectivity index (χ3n) is 4.21. The first kappa shape index (κ1) is 15.7. The zero-order chi connectivity index (χ0) is 15.7. The van der Waals surface area contributed by atoms with Crippen LogP contribution in [0.2, 0.25) is 0 Å². The molecule has 1 amide bonds. The van der Waals surface area contributed by atoms with Crippen LogP contribution in [0.15, 0.2) is 4.79 Å². The number of aliphatic hydroxyl groups is 1. The number of hydrogen-bond donors (Lipinski definition) is 2. The molecule has 2 unspecified atom stereocenters. The molecule has 0 aromatic carbocycles. The quantitative estimate of drug-likeness (QED) is 0.872. The van der Waals surface area contributed by atoms with E-state index >= 15 is 0 Å². The molecule has 0 bridgehead atoms. The fourth-order valence-electron chi connectivity index (χ4n) is 2.82. The predicted octanol–water partition coefficient (Wildman–Crippen LogP) is 1.04. The Bertz CT molecular complexity index is 594. The molecule has 6 heteroatoms. The molecule has 116 valence electrons. The number of aliphatic hydroxyl groups excluding tert-OH is 1. The molecule has 0 radical (unpaired) electrons. The zero-order valence-corrected chi connectivity index (χ0v) is 13.0. The Morgan fingerprint density at radius 1 is 1.52 bits per heavy atom. The van der Waals surface area contributed by atoms with E-state index in [1.807, 2.05) is 20.8 Å². The van der Waals surface area contributed by atoms with Crippen LogP contribution >= 0.6 is 0 Å². The summed E-state index contributed by atoms with van der Waals surface area (Å²) in [5, 5.41) is 9.46. The average molecular weight is 293 g/mol. The lowest BCUT2D eigenvalue weighted by molar-refractivity contribution is 0.0645. The number of aryl methyl sites for hydroxylation is 1. The first-order chi connectivity index (χ1) is 9.86. The van der Waals surface area contributed by atoms with E-state index in [0.29, 0.717) is 18.1 Å². The van der Waals surface area contributed by atoms with Crippen LogP contribution in [0.25, 0.3) is 0 Å². The van der Waals surface area contributed by atoms with Gasteiger partial charge in [0, 0.05) is 12.5 Å². The lowest BCUT2D eigenvalue weighted by Gasteiger charge is -2.25. The Balaban J connectivity index is 2.38. The first-order valence-corrected chi connectivity index (χ1v) is 7.39. The van der Waals surface area contributed by atoms with Crippen molar-refractivity contribution in [1.29, 1.82) is 0 Å². The minimum Gasteiger partial charge on any atom is -0.394 e. The molecule has 1 aromatic heterocycles. The van der Waals surface area contributed by atoms with Gasteiger partial charge in [0.1, 0.15) is 11.4 Å². The van der Waals surface area contributed by atoms with Gasteiger partial charge in [-0.15, -0.1) is 0 Å². The Kier molecular flexibility index (Phi) is 4.46. The van der Waals surface area contributed by atoms with Gasteiger partial charge >= 0.3 is 0 Å². The highest BCUT2D eigenvalue weighted by Crippen LogP contribution is 2.25.